The van der Waals surface area contributed by atoms with Crippen molar-refractivity contribution in [3.63, 3.8) is 0 Å². The molecule has 2 aliphatic rings. The van der Waals surface area contributed by atoms with Gasteiger partial charge in [0.1, 0.15) is 10.8 Å². The average Bonchev–Trinajstić information content (AvgIpc) is 2.96. The van der Waals surface area contributed by atoms with Gasteiger partial charge in [-0.3, -0.25) is 9.69 Å². The van der Waals surface area contributed by atoms with Crippen LogP contribution >= 0.6 is 34.8 Å². The van der Waals surface area contributed by atoms with Crippen LogP contribution in [0.15, 0.2) is 71.1 Å². The van der Waals surface area contributed by atoms with Gasteiger partial charge in [-0.25, -0.2) is 18.1 Å². The molecule has 7 nitrogen and oxygen atoms in total. The predicted molar refractivity (Wildman–Crippen MR) is 170 cm³/mol. The van der Waals surface area contributed by atoms with Gasteiger partial charge >= 0.3 is 0 Å². The molecule has 1 fully saturated rings. The Bertz CT molecular complexity index is 1600. The maximum absolute atomic E-state index is 12.8. The number of carbonyl (C=O) groups is 1. The molecular weight excluding hydrogens is 615 g/mol. The summed E-state index contributed by atoms with van der Waals surface area (Å²) in [5.41, 5.74) is 5.30. The number of nitrogens with one attached hydrogen (secondary N) is 1. The van der Waals surface area contributed by atoms with Crippen LogP contribution < -0.4 is 9.62 Å². The molecule has 0 spiro atoms. The topological polar surface area (TPSA) is 82.6 Å². The zero-order chi connectivity index (χ0) is 30.1. The number of benzene rings is 2. The number of sulfonamides is 1. The van der Waals surface area contributed by atoms with E-state index in [1.165, 1.54) is 47.4 Å². The van der Waals surface area contributed by atoms with E-state index < -0.39 is 15.9 Å². The Balaban J connectivity index is 1.21. The van der Waals surface area contributed by atoms with Crippen LogP contribution in [0.4, 0.5) is 5.69 Å². The summed E-state index contributed by atoms with van der Waals surface area (Å²) in [5, 5.41) is 0.848. The quantitative estimate of drug-likeness (QED) is 0.280. The smallest absolute Gasteiger partial charge is 0.283 e. The molecule has 3 aromatic rings. The second-order valence-electron chi connectivity index (χ2n) is 11.6. The number of hydrogen-bond acceptors (Lipinski definition) is 6. The van der Waals surface area contributed by atoms with Gasteiger partial charge in [0.25, 0.3) is 15.9 Å². The minimum absolute atomic E-state index is 0.0137. The number of piperazine rings is 1. The Morgan fingerprint density at radius 3 is 2.24 bits per heavy atom. The molecule has 2 aromatic carbocycles. The highest BCUT2D eigenvalue weighted by molar-refractivity contribution is 7.90. The van der Waals surface area contributed by atoms with Crippen molar-refractivity contribution in [1.29, 1.82) is 0 Å². The van der Waals surface area contributed by atoms with Crippen LogP contribution in [0.5, 0.6) is 0 Å². The number of hydrogen-bond donors (Lipinski definition) is 1. The summed E-state index contributed by atoms with van der Waals surface area (Å²) in [6.45, 7) is 9.13. The second kappa shape index (κ2) is 12.5. The third-order valence-electron chi connectivity index (χ3n) is 7.94. The largest absolute Gasteiger partial charge is 0.369 e. The lowest BCUT2D eigenvalue weighted by atomic mass is 9.72. The third kappa shape index (κ3) is 7.29. The van der Waals surface area contributed by atoms with Crippen molar-refractivity contribution < 1.29 is 13.2 Å². The van der Waals surface area contributed by atoms with Gasteiger partial charge in [-0.05, 0) is 84.3 Å². The van der Waals surface area contributed by atoms with Crippen LogP contribution in [0.25, 0.3) is 5.57 Å². The predicted octanol–water partition coefficient (Wildman–Crippen LogP) is 6.95. The number of aromatic nitrogens is 1. The van der Waals surface area contributed by atoms with Crippen molar-refractivity contribution in [2.75, 3.05) is 37.6 Å². The minimum atomic E-state index is -4.10. The van der Waals surface area contributed by atoms with Gasteiger partial charge in [0.05, 0.1) is 9.92 Å². The highest BCUT2D eigenvalue weighted by atomic mass is 35.5. The molecule has 1 amide bonds. The first-order valence-corrected chi connectivity index (χ1v) is 16.5. The fraction of sp³-hybridized carbons (Fsp3) is 0.355. The molecule has 1 aliphatic carbocycles. The van der Waals surface area contributed by atoms with E-state index >= 15 is 0 Å². The standard InChI is InChI=1S/C31H33Cl3N4O3S/c1-31(2)14-13-22(26(19-31)21-3-5-23(32)6-4-21)20-37-15-17-38(18-16-37)24-7-9-25(10-8-24)42(40,41)36-30(39)28-12-11-27(33)29(34)35-28/h3-12H,13-20H2,1-2H3,(H,36,39). The van der Waals surface area contributed by atoms with Crippen molar-refractivity contribution >= 4 is 62.0 Å². The molecule has 11 heteroatoms. The molecule has 1 aromatic heterocycles. The van der Waals surface area contributed by atoms with Crippen LogP contribution in [-0.4, -0.2) is 56.9 Å². The van der Waals surface area contributed by atoms with Crippen LogP contribution in [0, 0.1) is 5.41 Å². The molecule has 222 valence electrons. The first-order chi connectivity index (χ1) is 19.9. The normalized spacial score (nSPS) is 17.8. The van der Waals surface area contributed by atoms with E-state index in [1.54, 1.807) is 12.1 Å². The van der Waals surface area contributed by atoms with Gasteiger partial charge < -0.3 is 4.90 Å². The molecular formula is C31H33Cl3N4O3S. The summed E-state index contributed by atoms with van der Waals surface area (Å²) in [6, 6.07) is 17.5. The molecule has 0 atom stereocenters. The fourth-order valence-corrected chi connectivity index (χ4v) is 6.86. The van der Waals surface area contributed by atoms with Crippen molar-refractivity contribution in [2.45, 2.75) is 38.0 Å². The lowest BCUT2D eigenvalue weighted by molar-refractivity contribution is 0.0976. The van der Waals surface area contributed by atoms with E-state index in [0.29, 0.717) is 0 Å². The number of halogens is 3. The Kier molecular flexibility index (Phi) is 9.21. The Hall–Kier alpha value is -2.62. The lowest BCUT2D eigenvalue weighted by Crippen LogP contribution is -2.47. The molecule has 0 bridgehead atoms. The summed E-state index contributed by atoms with van der Waals surface area (Å²) >= 11 is 17.8. The van der Waals surface area contributed by atoms with Crippen molar-refractivity contribution in [2.24, 2.45) is 5.41 Å². The molecule has 0 saturated carbocycles. The number of rotatable bonds is 7. The minimum Gasteiger partial charge on any atom is -0.369 e. The third-order valence-corrected chi connectivity index (χ3v) is 10.2. The number of carbonyl (C=O) groups excluding carboxylic acids is 1. The molecule has 42 heavy (non-hydrogen) atoms. The number of nitrogens with zero attached hydrogens (tertiary/aromatic N) is 3. The molecule has 5 rings (SSSR count). The second-order valence-corrected chi connectivity index (χ2v) is 14.5. The number of amides is 1. The van der Waals surface area contributed by atoms with E-state index in [-0.39, 0.29) is 26.2 Å². The van der Waals surface area contributed by atoms with E-state index in [0.717, 1.165) is 56.3 Å². The first kappa shape index (κ1) is 30.8. The summed E-state index contributed by atoms with van der Waals surface area (Å²) in [4.78, 5) is 21.0. The Morgan fingerprint density at radius 2 is 1.60 bits per heavy atom. The summed E-state index contributed by atoms with van der Waals surface area (Å²) in [5.74, 6) is -0.885. The van der Waals surface area contributed by atoms with Crippen LogP contribution in [0.2, 0.25) is 15.2 Å². The maximum atomic E-state index is 12.8. The van der Waals surface area contributed by atoms with E-state index in [1.807, 2.05) is 16.9 Å². The SMILES string of the molecule is CC1(C)CCC(CN2CCN(c3ccc(S(=O)(=O)NC(=O)c4ccc(Cl)c(Cl)n4)cc3)CC2)=C(c2ccc(Cl)cc2)C1. The van der Waals surface area contributed by atoms with Crippen molar-refractivity contribution in [1.82, 2.24) is 14.6 Å². The lowest BCUT2D eigenvalue weighted by Gasteiger charge is -2.39. The average molecular weight is 648 g/mol. The van der Waals surface area contributed by atoms with Gasteiger partial charge in [-0.1, -0.05) is 66.4 Å². The van der Waals surface area contributed by atoms with Gasteiger partial charge in [-0.2, -0.15) is 0 Å². The monoisotopic (exact) mass is 646 g/mol. The fourth-order valence-electron chi connectivity index (χ4n) is 5.51. The van der Waals surface area contributed by atoms with E-state index in [4.69, 9.17) is 34.8 Å². The zero-order valence-electron chi connectivity index (χ0n) is 23.5. The van der Waals surface area contributed by atoms with Gasteiger partial charge in [-0.15, -0.1) is 0 Å². The highest BCUT2D eigenvalue weighted by Gasteiger charge is 2.29. The van der Waals surface area contributed by atoms with Gasteiger partial charge in [0.2, 0.25) is 0 Å². The number of pyridine rings is 1. The van der Waals surface area contributed by atoms with Crippen LogP contribution in [0.1, 0.15) is 49.2 Å². The Labute approximate surface area is 262 Å². The van der Waals surface area contributed by atoms with Gasteiger partial charge in [0, 0.05) is 43.4 Å². The first-order valence-electron chi connectivity index (χ1n) is 13.8. The highest BCUT2D eigenvalue weighted by Crippen LogP contribution is 2.43. The molecule has 0 radical (unpaired) electrons. The van der Waals surface area contributed by atoms with Gasteiger partial charge in [0.15, 0.2) is 0 Å². The van der Waals surface area contributed by atoms with E-state index in [2.05, 4.69) is 40.8 Å². The summed E-state index contributed by atoms with van der Waals surface area (Å²) < 4.78 is 27.7. The molecule has 1 N–H and O–H groups in total. The van der Waals surface area contributed by atoms with Crippen LogP contribution in [0.3, 0.4) is 0 Å². The molecule has 0 unspecified atom stereocenters. The zero-order valence-corrected chi connectivity index (χ0v) is 26.6. The molecule has 1 saturated heterocycles. The summed E-state index contributed by atoms with van der Waals surface area (Å²) in [6.07, 6.45) is 3.33. The molecule has 2 heterocycles. The van der Waals surface area contributed by atoms with Crippen LogP contribution in [-0.2, 0) is 10.0 Å². The Morgan fingerprint density at radius 1 is 0.929 bits per heavy atom. The number of anilines is 1. The van der Waals surface area contributed by atoms with Crippen molar-refractivity contribution in [3.05, 3.63) is 92.7 Å². The molecule has 1 aliphatic heterocycles. The van der Waals surface area contributed by atoms with E-state index in [9.17, 15) is 13.2 Å². The maximum Gasteiger partial charge on any atom is 0.283 e. The van der Waals surface area contributed by atoms with Crippen molar-refractivity contribution in [3.8, 4) is 0 Å². The number of allylic oxidation sites excluding steroid dienone is 1. The summed E-state index contributed by atoms with van der Waals surface area (Å²) in [7, 11) is -4.10.